The van der Waals surface area contributed by atoms with Gasteiger partial charge >= 0.3 is 0 Å². The monoisotopic (exact) mass is 606 g/mol. The van der Waals surface area contributed by atoms with Crippen molar-refractivity contribution in [1.29, 1.82) is 0 Å². The van der Waals surface area contributed by atoms with E-state index in [0.717, 1.165) is 23.4 Å². The highest BCUT2D eigenvalue weighted by molar-refractivity contribution is 7.73. The summed E-state index contributed by atoms with van der Waals surface area (Å²) in [6.45, 7) is 2.61. The molecule has 0 amide bonds. The van der Waals surface area contributed by atoms with Gasteiger partial charge < -0.3 is 0 Å². The smallest absolute Gasteiger partial charge is 0.0890 e. The minimum Gasteiger partial charge on any atom is -0.249 e. The molecule has 5 aromatic carbocycles. The van der Waals surface area contributed by atoms with Gasteiger partial charge in [0.05, 0.1) is 22.4 Å². The molecule has 1 saturated carbocycles. The number of benzene rings is 5. The normalized spacial score (nSPS) is 22.1. The highest BCUT2D eigenvalue weighted by Crippen LogP contribution is 2.72. The predicted octanol–water partition coefficient (Wildman–Crippen LogP) is 8.03. The van der Waals surface area contributed by atoms with Crippen molar-refractivity contribution in [3.63, 3.8) is 0 Å². The lowest BCUT2D eigenvalue weighted by Gasteiger charge is -2.45. The Kier molecular flexibility index (Phi) is 7.17. The van der Waals surface area contributed by atoms with Gasteiger partial charge in [0.15, 0.2) is 0 Å². The number of nitrogens with zero attached hydrogens (tertiary/aromatic N) is 2. The Bertz CT molecular complexity index is 1820. The van der Waals surface area contributed by atoms with Crippen LogP contribution in [0.3, 0.4) is 0 Å². The van der Waals surface area contributed by atoms with E-state index in [1.54, 1.807) is 0 Å². The molecule has 0 radical (unpaired) electrons. The summed E-state index contributed by atoms with van der Waals surface area (Å²) in [4.78, 5) is 11.0. The minimum atomic E-state index is -0.610. The predicted molar refractivity (Wildman–Crippen MR) is 189 cm³/mol. The largest absolute Gasteiger partial charge is 0.249 e. The summed E-state index contributed by atoms with van der Waals surface area (Å²) >= 11 is 0. The number of rotatable bonds is 8. The van der Waals surface area contributed by atoms with Gasteiger partial charge in [-0.15, -0.1) is 0 Å². The number of hydrogen-bond donors (Lipinski definition) is 0. The molecule has 0 saturated heterocycles. The van der Waals surface area contributed by atoms with Crippen LogP contribution >= 0.6 is 15.8 Å². The average Bonchev–Trinajstić information content (AvgIpc) is 3.48. The van der Waals surface area contributed by atoms with Crippen LogP contribution in [0.4, 0.5) is 0 Å². The summed E-state index contributed by atoms with van der Waals surface area (Å²) < 4.78 is 0. The first-order valence-corrected chi connectivity index (χ1v) is 18.7. The van der Waals surface area contributed by atoms with Gasteiger partial charge in [0, 0.05) is 11.3 Å². The van der Waals surface area contributed by atoms with Crippen LogP contribution < -0.4 is 21.2 Å². The molecule has 2 nitrogen and oxygen atoms in total. The Hall–Kier alpha value is -3.70. The third kappa shape index (κ3) is 4.54. The molecular weight excluding hydrogens is 570 g/mol. The maximum Gasteiger partial charge on any atom is 0.0890 e. The Balaban J connectivity index is 1.33. The lowest BCUT2D eigenvalue weighted by Crippen LogP contribution is -2.45. The lowest BCUT2D eigenvalue weighted by atomic mass is 9.69. The maximum absolute atomic E-state index is 5.55. The average molecular weight is 607 g/mol. The summed E-state index contributed by atoms with van der Waals surface area (Å²) in [7, 11) is -1.19. The van der Waals surface area contributed by atoms with Crippen molar-refractivity contribution in [2.75, 3.05) is 12.3 Å². The molecule has 0 unspecified atom stereocenters. The number of hydrogen-bond acceptors (Lipinski definition) is 2. The van der Waals surface area contributed by atoms with Gasteiger partial charge in [0.25, 0.3) is 0 Å². The Morgan fingerprint density at radius 3 is 1.43 bits per heavy atom. The molecule has 2 aliphatic rings. The van der Waals surface area contributed by atoms with Crippen molar-refractivity contribution in [3.8, 4) is 0 Å². The molecule has 4 heteroatoms. The molecule has 1 aromatic heterocycles. The number of aromatic nitrogens is 2. The summed E-state index contributed by atoms with van der Waals surface area (Å²) in [5.41, 5.74) is 4.56. The van der Waals surface area contributed by atoms with Crippen LogP contribution in [0.1, 0.15) is 37.1 Å². The van der Waals surface area contributed by atoms with Gasteiger partial charge in [-0.25, -0.2) is 9.97 Å². The van der Waals surface area contributed by atoms with Crippen molar-refractivity contribution in [3.05, 3.63) is 157 Å². The van der Waals surface area contributed by atoms with Crippen LogP contribution in [0, 0.1) is 5.41 Å². The van der Waals surface area contributed by atoms with E-state index < -0.39 is 15.8 Å². The maximum atomic E-state index is 5.55. The molecule has 0 spiro atoms. The minimum absolute atomic E-state index is 0.0221. The van der Waals surface area contributed by atoms with Crippen molar-refractivity contribution in [1.82, 2.24) is 9.97 Å². The van der Waals surface area contributed by atoms with Crippen LogP contribution in [0.15, 0.2) is 146 Å². The van der Waals surface area contributed by atoms with Crippen LogP contribution in [-0.4, -0.2) is 22.3 Å². The quantitative estimate of drug-likeness (QED) is 0.164. The molecule has 1 fully saturated rings. The molecule has 44 heavy (non-hydrogen) atoms. The van der Waals surface area contributed by atoms with Crippen molar-refractivity contribution in [2.24, 2.45) is 5.41 Å². The zero-order valence-corrected chi connectivity index (χ0v) is 26.8. The van der Waals surface area contributed by atoms with Gasteiger partial charge in [-0.2, -0.15) is 0 Å². The summed E-state index contributed by atoms with van der Waals surface area (Å²) in [6, 6.07) is 53.6. The first kappa shape index (κ1) is 27.8. The molecule has 0 N–H and O–H groups in total. The van der Waals surface area contributed by atoms with Gasteiger partial charge in [0.2, 0.25) is 0 Å². The third-order valence-corrected chi connectivity index (χ3v) is 15.8. The standard InChI is InChI=1S/C40H36N2P2/c1-39(28-43(30-16-6-2-7-17-30)31-18-8-3-9-19-31)34-26-27-40(39,38-37(34)41-35-24-14-15-25-36(35)42-38)29-44(32-20-10-4-11-21-32)33-22-12-5-13-23-33/h2-25,34H,26-29H2,1H3/t34-,39-,40-/m1/s1. The first-order chi connectivity index (χ1) is 21.7. The summed E-state index contributed by atoms with van der Waals surface area (Å²) in [6.07, 6.45) is 4.56. The Labute approximate surface area is 263 Å². The van der Waals surface area contributed by atoms with E-state index >= 15 is 0 Å². The molecule has 0 aliphatic heterocycles. The summed E-state index contributed by atoms with van der Waals surface area (Å²) in [5, 5.41) is 5.81. The van der Waals surface area contributed by atoms with E-state index in [1.165, 1.54) is 45.4 Å². The summed E-state index contributed by atoms with van der Waals surface area (Å²) in [5.74, 6) is 0.399. The van der Waals surface area contributed by atoms with E-state index in [0.29, 0.717) is 5.92 Å². The van der Waals surface area contributed by atoms with E-state index in [4.69, 9.17) is 9.97 Å². The second kappa shape index (κ2) is 11.3. The molecule has 2 aliphatic carbocycles. The van der Waals surface area contributed by atoms with Crippen LogP contribution in [0.5, 0.6) is 0 Å². The molecule has 216 valence electrons. The number of para-hydroxylation sites is 2. The van der Waals surface area contributed by atoms with Crippen LogP contribution in [-0.2, 0) is 5.41 Å². The van der Waals surface area contributed by atoms with Gasteiger partial charge in [-0.1, -0.05) is 140 Å². The Morgan fingerprint density at radius 2 is 0.955 bits per heavy atom. The SMILES string of the molecule is C[C@@]1(CP(c2ccccc2)c2ccccc2)[C@@H]2CC[C@@]1(CP(c1ccccc1)c1ccccc1)c1nc3ccccc3nc12. The molecule has 8 rings (SSSR count). The van der Waals surface area contributed by atoms with Gasteiger partial charge in [-0.05, 0) is 79.8 Å². The van der Waals surface area contributed by atoms with Gasteiger partial charge in [-0.3, -0.25) is 0 Å². The number of fused-ring (bicyclic) bond motifs is 6. The van der Waals surface area contributed by atoms with Crippen molar-refractivity contribution >= 4 is 48.1 Å². The van der Waals surface area contributed by atoms with E-state index in [-0.39, 0.29) is 10.8 Å². The fourth-order valence-corrected chi connectivity index (χ4v) is 13.9. The molecule has 1 heterocycles. The third-order valence-electron chi connectivity index (χ3n) is 10.3. The molecule has 6 aromatic rings. The van der Waals surface area contributed by atoms with Crippen LogP contribution in [0.25, 0.3) is 11.0 Å². The highest BCUT2D eigenvalue weighted by Gasteiger charge is 2.66. The Morgan fingerprint density at radius 1 is 0.545 bits per heavy atom. The van der Waals surface area contributed by atoms with E-state index in [9.17, 15) is 0 Å². The fourth-order valence-electron chi connectivity index (χ4n) is 8.05. The topological polar surface area (TPSA) is 25.8 Å². The second-order valence-electron chi connectivity index (χ2n) is 12.6. The molecule has 3 atom stereocenters. The van der Waals surface area contributed by atoms with Crippen LogP contribution in [0.2, 0.25) is 0 Å². The molecular formula is C40H36N2P2. The van der Waals surface area contributed by atoms with Crippen molar-refractivity contribution < 1.29 is 0 Å². The second-order valence-corrected chi connectivity index (χ2v) is 17.0. The zero-order valence-electron chi connectivity index (χ0n) is 25.1. The highest BCUT2D eigenvalue weighted by atomic mass is 31.1. The van der Waals surface area contributed by atoms with Crippen molar-refractivity contribution in [2.45, 2.75) is 31.1 Å². The first-order valence-electron chi connectivity index (χ1n) is 15.7. The van der Waals surface area contributed by atoms with E-state index in [1.807, 2.05) is 0 Å². The van der Waals surface area contributed by atoms with Gasteiger partial charge in [0.1, 0.15) is 0 Å². The van der Waals surface area contributed by atoms with E-state index in [2.05, 4.69) is 153 Å². The zero-order chi connectivity index (χ0) is 29.6. The fraction of sp³-hybridized carbons (Fsp3) is 0.200. The lowest BCUT2D eigenvalue weighted by molar-refractivity contribution is 0.237. The molecule has 2 bridgehead atoms.